The number of piperidine rings is 2. The maximum absolute atomic E-state index is 12.2. The van der Waals surface area contributed by atoms with Crippen molar-refractivity contribution in [1.29, 1.82) is 0 Å². The Morgan fingerprint density at radius 3 is 2.89 bits per heavy atom. The SMILES string of the molecule is C=C1NC(=O)C2(n3cnc4nccnc43)CC1C2. The molecule has 0 aromatic carbocycles. The zero-order valence-corrected chi connectivity index (χ0v) is 9.63. The Kier molecular flexibility index (Phi) is 1.60. The maximum atomic E-state index is 12.2. The zero-order chi connectivity index (χ0) is 12.3. The Hall–Kier alpha value is -2.24. The van der Waals surface area contributed by atoms with Gasteiger partial charge >= 0.3 is 0 Å². The molecule has 1 aliphatic carbocycles. The summed E-state index contributed by atoms with van der Waals surface area (Å²) < 4.78 is 1.85. The lowest BCUT2D eigenvalue weighted by Crippen LogP contribution is -2.63. The summed E-state index contributed by atoms with van der Waals surface area (Å²) in [5, 5.41) is 2.84. The lowest BCUT2D eigenvalue weighted by molar-refractivity contribution is -0.140. The normalized spacial score (nSPS) is 30.1. The minimum atomic E-state index is -0.545. The summed E-state index contributed by atoms with van der Waals surface area (Å²) in [6, 6.07) is 0. The minimum absolute atomic E-state index is 0.0139. The average molecular weight is 241 g/mol. The van der Waals surface area contributed by atoms with Crippen LogP contribution in [0.2, 0.25) is 0 Å². The van der Waals surface area contributed by atoms with Crippen LogP contribution >= 0.6 is 0 Å². The van der Waals surface area contributed by atoms with Crippen LogP contribution in [0.25, 0.3) is 11.3 Å². The van der Waals surface area contributed by atoms with E-state index in [0.717, 1.165) is 18.5 Å². The van der Waals surface area contributed by atoms with E-state index in [9.17, 15) is 4.79 Å². The van der Waals surface area contributed by atoms with Gasteiger partial charge in [-0.15, -0.1) is 0 Å². The fraction of sp³-hybridized carbons (Fsp3) is 0.333. The van der Waals surface area contributed by atoms with Crippen molar-refractivity contribution >= 4 is 17.2 Å². The van der Waals surface area contributed by atoms with Crippen molar-refractivity contribution in [3.05, 3.63) is 31.0 Å². The highest BCUT2D eigenvalue weighted by Gasteiger charge is 2.57. The van der Waals surface area contributed by atoms with Crippen LogP contribution in [0.1, 0.15) is 12.8 Å². The van der Waals surface area contributed by atoms with Gasteiger partial charge in [0.25, 0.3) is 5.91 Å². The predicted octanol–water partition coefficient (Wildman–Crippen LogP) is 0.575. The monoisotopic (exact) mass is 241 g/mol. The van der Waals surface area contributed by atoms with Crippen LogP contribution in [-0.2, 0) is 10.3 Å². The number of nitrogens with one attached hydrogen (secondary N) is 1. The molecule has 2 bridgehead atoms. The molecule has 1 saturated carbocycles. The molecule has 0 spiro atoms. The highest BCUT2D eigenvalue weighted by molar-refractivity contribution is 5.90. The molecule has 90 valence electrons. The zero-order valence-electron chi connectivity index (χ0n) is 9.63. The van der Waals surface area contributed by atoms with E-state index in [1.807, 2.05) is 4.57 Å². The molecule has 1 amide bonds. The summed E-state index contributed by atoms with van der Waals surface area (Å²) in [5.41, 5.74) is 1.53. The molecule has 3 fully saturated rings. The highest BCUT2D eigenvalue weighted by Crippen LogP contribution is 2.50. The second-order valence-corrected chi connectivity index (χ2v) is 4.93. The first-order chi connectivity index (χ1) is 8.71. The smallest absolute Gasteiger partial charge is 0.250 e. The molecule has 0 unspecified atom stereocenters. The van der Waals surface area contributed by atoms with E-state index in [0.29, 0.717) is 17.2 Å². The van der Waals surface area contributed by atoms with Crippen molar-refractivity contribution in [3.8, 4) is 0 Å². The number of amides is 1. The maximum Gasteiger partial charge on any atom is 0.250 e. The first-order valence-electron chi connectivity index (χ1n) is 5.85. The molecule has 6 heteroatoms. The van der Waals surface area contributed by atoms with Gasteiger partial charge in [-0.2, -0.15) is 0 Å². The van der Waals surface area contributed by atoms with Gasteiger partial charge in [0.05, 0.1) is 6.33 Å². The van der Waals surface area contributed by atoms with Crippen LogP contribution in [0.15, 0.2) is 31.0 Å². The Morgan fingerprint density at radius 2 is 2.11 bits per heavy atom. The van der Waals surface area contributed by atoms with Gasteiger partial charge in [0.1, 0.15) is 5.54 Å². The van der Waals surface area contributed by atoms with E-state index in [4.69, 9.17) is 0 Å². The van der Waals surface area contributed by atoms with Gasteiger partial charge in [0, 0.05) is 24.0 Å². The average Bonchev–Trinajstić information content (AvgIpc) is 2.71. The van der Waals surface area contributed by atoms with Crippen molar-refractivity contribution in [3.63, 3.8) is 0 Å². The van der Waals surface area contributed by atoms with Crippen LogP contribution < -0.4 is 5.32 Å². The first-order valence-corrected chi connectivity index (χ1v) is 5.85. The van der Waals surface area contributed by atoms with Crippen LogP contribution in [0.3, 0.4) is 0 Å². The van der Waals surface area contributed by atoms with Gasteiger partial charge in [0.2, 0.25) is 0 Å². The number of carbonyl (C=O) groups is 1. The fourth-order valence-electron chi connectivity index (χ4n) is 2.92. The first kappa shape index (κ1) is 9.76. The van der Waals surface area contributed by atoms with E-state index in [1.54, 1.807) is 18.7 Å². The quantitative estimate of drug-likeness (QED) is 0.792. The lowest BCUT2D eigenvalue weighted by Gasteiger charge is -2.52. The third-order valence-corrected chi connectivity index (χ3v) is 4.00. The van der Waals surface area contributed by atoms with E-state index < -0.39 is 5.54 Å². The van der Waals surface area contributed by atoms with Crippen LogP contribution in [-0.4, -0.2) is 25.4 Å². The number of fused-ring (bicyclic) bond motifs is 3. The number of allylic oxidation sites excluding steroid dienone is 1. The summed E-state index contributed by atoms with van der Waals surface area (Å²) in [5.74, 6) is 0.358. The highest BCUT2D eigenvalue weighted by atomic mass is 16.2. The van der Waals surface area contributed by atoms with Gasteiger partial charge in [-0.1, -0.05) is 6.58 Å². The molecule has 0 radical (unpaired) electrons. The summed E-state index contributed by atoms with van der Waals surface area (Å²) in [6.45, 7) is 3.87. The molecule has 2 aliphatic heterocycles. The largest absolute Gasteiger partial charge is 0.328 e. The molecule has 3 aliphatic rings. The Bertz CT molecular complexity index is 683. The summed E-state index contributed by atoms with van der Waals surface area (Å²) in [6.07, 6.45) is 6.44. The molecule has 18 heavy (non-hydrogen) atoms. The fourth-order valence-corrected chi connectivity index (χ4v) is 2.92. The molecule has 1 N–H and O–H groups in total. The number of hydrogen-bond donors (Lipinski definition) is 1. The summed E-state index contributed by atoms with van der Waals surface area (Å²) in [7, 11) is 0. The molecular weight excluding hydrogens is 230 g/mol. The van der Waals surface area contributed by atoms with Crippen LogP contribution in [0.5, 0.6) is 0 Å². The molecule has 2 aromatic heterocycles. The Morgan fingerprint density at radius 1 is 1.33 bits per heavy atom. The lowest BCUT2D eigenvalue weighted by atomic mass is 9.63. The van der Waals surface area contributed by atoms with Crippen molar-refractivity contribution in [2.75, 3.05) is 0 Å². The number of hydrogen-bond acceptors (Lipinski definition) is 4. The second kappa shape index (κ2) is 2.95. The Labute approximate surface area is 103 Å². The van der Waals surface area contributed by atoms with Crippen molar-refractivity contribution in [2.45, 2.75) is 18.4 Å². The number of carbonyl (C=O) groups excluding carboxylic acids is 1. The van der Waals surface area contributed by atoms with E-state index in [2.05, 4.69) is 26.8 Å². The van der Waals surface area contributed by atoms with Crippen LogP contribution in [0.4, 0.5) is 0 Å². The van der Waals surface area contributed by atoms with Crippen molar-refractivity contribution in [1.82, 2.24) is 24.8 Å². The van der Waals surface area contributed by atoms with Gasteiger partial charge in [0.15, 0.2) is 11.3 Å². The molecule has 2 aromatic rings. The molecule has 0 atom stereocenters. The van der Waals surface area contributed by atoms with Crippen LogP contribution in [0, 0.1) is 5.92 Å². The third-order valence-electron chi connectivity index (χ3n) is 4.00. The molecule has 5 rings (SSSR count). The Balaban J connectivity index is 1.89. The van der Waals surface area contributed by atoms with Crippen molar-refractivity contribution < 1.29 is 4.79 Å². The van der Waals surface area contributed by atoms with Gasteiger partial charge in [-0.05, 0) is 12.8 Å². The topological polar surface area (TPSA) is 72.7 Å². The predicted molar refractivity (Wildman–Crippen MR) is 63.3 cm³/mol. The van der Waals surface area contributed by atoms with Gasteiger partial charge in [-0.3, -0.25) is 9.36 Å². The number of nitrogens with zero attached hydrogens (tertiary/aromatic N) is 4. The number of rotatable bonds is 1. The van der Waals surface area contributed by atoms with Crippen molar-refractivity contribution in [2.24, 2.45) is 5.92 Å². The third kappa shape index (κ3) is 0.982. The van der Waals surface area contributed by atoms with E-state index in [-0.39, 0.29) is 5.91 Å². The molecule has 4 heterocycles. The number of imidazole rings is 1. The van der Waals surface area contributed by atoms with E-state index in [1.165, 1.54) is 0 Å². The van der Waals surface area contributed by atoms with E-state index >= 15 is 0 Å². The van der Waals surface area contributed by atoms with Gasteiger partial charge in [-0.25, -0.2) is 15.0 Å². The standard InChI is InChI=1S/C12H11N5O/c1-7-8-4-12(5-8,11(18)16-7)17-6-15-9-10(17)14-3-2-13-9/h2-3,6,8H,1,4-5H2,(H,16,18). The molecule has 6 nitrogen and oxygen atoms in total. The molecule has 2 saturated heterocycles. The second-order valence-electron chi connectivity index (χ2n) is 4.93. The summed E-state index contributed by atoms with van der Waals surface area (Å²) >= 11 is 0. The number of aromatic nitrogens is 4. The summed E-state index contributed by atoms with van der Waals surface area (Å²) in [4.78, 5) is 24.9. The minimum Gasteiger partial charge on any atom is -0.328 e. The van der Waals surface area contributed by atoms with Gasteiger partial charge < -0.3 is 5.32 Å². The molecular formula is C12H11N5O.